The molecule has 164 valence electrons. The van der Waals surface area contributed by atoms with Crippen molar-refractivity contribution in [2.75, 3.05) is 11.8 Å². The molecule has 0 amide bonds. The number of sulfonamides is 1. The Morgan fingerprint density at radius 1 is 0.879 bits per heavy atom. The highest BCUT2D eigenvalue weighted by atomic mass is 32.2. The molecule has 0 fully saturated rings. The van der Waals surface area contributed by atoms with Crippen LogP contribution >= 0.6 is 0 Å². The third-order valence-electron chi connectivity index (χ3n) is 5.08. The van der Waals surface area contributed by atoms with Gasteiger partial charge in [-0.15, -0.1) is 0 Å². The Morgan fingerprint density at radius 3 is 2.24 bits per heavy atom. The van der Waals surface area contributed by atoms with Gasteiger partial charge in [0, 0.05) is 27.5 Å². The Labute approximate surface area is 193 Å². The van der Waals surface area contributed by atoms with Crippen molar-refractivity contribution in [3.8, 4) is 17.6 Å². The van der Waals surface area contributed by atoms with Gasteiger partial charge in [-0.3, -0.25) is 4.72 Å². The molecule has 0 unspecified atom stereocenters. The Balaban J connectivity index is 1.69. The normalized spacial score (nSPS) is 10.8. The van der Waals surface area contributed by atoms with E-state index in [2.05, 4.69) is 23.1 Å². The zero-order valence-electron chi connectivity index (χ0n) is 17.9. The minimum absolute atomic E-state index is 0.0136. The molecule has 0 aliphatic carbocycles. The lowest BCUT2D eigenvalue weighted by Crippen LogP contribution is -2.14. The molecule has 0 bridgehead atoms. The summed E-state index contributed by atoms with van der Waals surface area (Å²) in [5.41, 5.74) is 2.25. The van der Waals surface area contributed by atoms with Crippen molar-refractivity contribution < 1.29 is 18.3 Å². The van der Waals surface area contributed by atoms with Crippen LogP contribution in [0.1, 0.15) is 16.7 Å². The van der Waals surface area contributed by atoms with Gasteiger partial charge in [-0.05, 0) is 36.4 Å². The van der Waals surface area contributed by atoms with Gasteiger partial charge in [0.2, 0.25) is 0 Å². The van der Waals surface area contributed by atoms with Gasteiger partial charge >= 0.3 is 0 Å². The number of fused-ring (bicyclic) bond motifs is 1. The number of ether oxygens (including phenoxy) is 1. The first-order valence-corrected chi connectivity index (χ1v) is 11.6. The van der Waals surface area contributed by atoms with Gasteiger partial charge in [-0.25, -0.2) is 8.42 Å². The Kier molecular flexibility index (Phi) is 6.07. The molecule has 0 atom stereocenters. The lowest BCUT2D eigenvalue weighted by atomic mass is 10.1. The molecule has 0 saturated carbocycles. The van der Waals surface area contributed by atoms with E-state index < -0.39 is 10.0 Å². The lowest BCUT2D eigenvalue weighted by molar-refractivity contribution is 0.419. The number of anilines is 1. The average molecular weight is 456 g/mol. The molecule has 4 aromatic carbocycles. The van der Waals surface area contributed by atoms with Gasteiger partial charge in [0.25, 0.3) is 10.0 Å². The molecule has 5 nitrogen and oxygen atoms in total. The molecule has 33 heavy (non-hydrogen) atoms. The van der Waals surface area contributed by atoms with E-state index >= 15 is 0 Å². The van der Waals surface area contributed by atoms with Crippen LogP contribution in [0.3, 0.4) is 0 Å². The fourth-order valence-electron chi connectivity index (χ4n) is 3.42. The summed E-state index contributed by atoms with van der Waals surface area (Å²) in [6, 6.07) is 24.3. The average Bonchev–Trinajstić information content (AvgIpc) is 2.82. The maximum atomic E-state index is 13.3. The summed E-state index contributed by atoms with van der Waals surface area (Å²) in [5.74, 6) is 6.64. The second-order valence-corrected chi connectivity index (χ2v) is 8.89. The van der Waals surface area contributed by atoms with E-state index in [1.807, 2.05) is 12.1 Å². The maximum Gasteiger partial charge on any atom is 0.262 e. The molecule has 6 heteroatoms. The van der Waals surface area contributed by atoms with Crippen molar-refractivity contribution >= 4 is 32.2 Å². The van der Waals surface area contributed by atoms with Crippen molar-refractivity contribution in [2.45, 2.75) is 4.90 Å². The van der Waals surface area contributed by atoms with Crippen LogP contribution in [0.15, 0.2) is 96.4 Å². The summed E-state index contributed by atoms with van der Waals surface area (Å²) in [6.07, 6.45) is 0. The van der Waals surface area contributed by atoms with Gasteiger partial charge in [0.15, 0.2) is 0 Å². The topological polar surface area (TPSA) is 75.6 Å². The van der Waals surface area contributed by atoms with Crippen LogP contribution in [0.5, 0.6) is 5.75 Å². The smallest absolute Gasteiger partial charge is 0.262 e. The molecule has 4 aromatic rings. The predicted molar refractivity (Wildman–Crippen MR) is 132 cm³/mol. The number of hydrogen-bond donors (Lipinski definition) is 2. The van der Waals surface area contributed by atoms with E-state index in [0.717, 1.165) is 5.56 Å². The second-order valence-electron chi connectivity index (χ2n) is 7.24. The summed E-state index contributed by atoms with van der Waals surface area (Å²) >= 11 is 0. The van der Waals surface area contributed by atoms with E-state index in [0.29, 0.717) is 33.3 Å². The van der Waals surface area contributed by atoms with Crippen molar-refractivity contribution in [1.82, 2.24) is 0 Å². The van der Waals surface area contributed by atoms with Crippen molar-refractivity contribution in [3.63, 3.8) is 0 Å². The quantitative estimate of drug-likeness (QED) is 0.304. The molecule has 0 radical (unpaired) electrons. The molecule has 0 spiro atoms. The maximum absolute atomic E-state index is 13.3. The number of para-hydroxylation sites is 1. The largest absolute Gasteiger partial charge is 0.508 e. The second kappa shape index (κ2) is 9.11. The van der Waals surface area contributed by atoms with Gasteiger partial charge in [-0.2, -0.15) is 0 Å². The molecule has 4 rings (SSSR count). The van der Waals surface area contributed by atoms with Gasteiger partial charge in [0.05, 0.1) is 17.7 Å². The van der Waals surface area contributed by atoms with E-state index in [-0.39, 0.29) is 10.7 Å². The number of benzene rings is 4. The number of methoxy groups -OCH3 is 1. The van der Waals surface area contributed by atoms with Crippen molar-refractivity contribution in [3.05, 3.63) is 108 Å². The molecule has 0 aliphatic rings. The molecular formula is C27H21NO4S. The highest BCUT2D eigenvalue weighted by Gasteiger charge is 2.20. The summed E-state index contributed by atoms with van der Waals surface area (Å²) in [5, 5.41) is 10.7. The van der Waals surface area contributed by atoms with E-state index in [1.54, 1.807) is 73.8 Å². The van der Waals surface area contributed by atoms with Crippen LogP contribution in [0.25, 0.3) is 16.5 Å². The van der Waals surface area contributed by atoms with Crippen LogP contribution < -0.4 is 9.46 Å². The van der Waals surface area contributed by atoms with E-state index in [1.165, 1.54) is 6.07 Å². The van der Waals surface area contributed by atoms with Crippen LogP contribution in [0.2, 0.25) is 0 Å². The number of rotatable bonds is 5. The fourth-order valence-corrected chi connectivity index (χ4v) is 4.71. The van der Waals surface area contributed by atoms with Crippen LogP contribution in [0.4, 0.5) is 5.69 Å². The fraction of sp³-hybridized carbons (Fsp3) is 0.0370. The SMILES string of the molecule is C=C(O)c1ccc(C#Cc2ccccc2NS(=O)(=O)c2ccc(OC)c3ccccc23)cc1. The van der Waals surface area contributed by atoms with E-state index in [4.69, 9.17) is 4.74 Å². The number of nitrogens with one attached hydrogen (secondary N) is 1. The minimum atomic E-state index is -3.90. The standard InChI is InChI=1S/C27H21NO4S/c1-19(29)21-14-11-20(12-15-21)13-16-22-7-3-6-10-25(22)28-33(30,31)27-18-17-26(32-2)23-8-4-5-9-24(23)27/h3-12,14-15,17-18,28-29H,1H2,2H3. The first kappa shape index (κ1) is 22.0. The summed E-state index contributed by atoms with van der Waals surface area (Å²) in [4.78, 5) is 0.154. The van der Waals surface area contributed by atoms with Crippen molar-refractivity contribution in [2.24, 2.45) is 0 Å². The van der Waals surface area contributed by atoms with Crippen LogP contribution in [-0.2, 0) is 10.0 Å². The Bertz CT molecular complexity index is 1510. The zero-order valence-corrected chi connectivity index (χ0v) is 18.7. The van der Waals surface area contributed by atoms with Crippen molar-refractivity contribution in [1.29, 1.82) is 0 Å². The first-order valence-electron chi connectivity index (χ1n) is 10.1. The minimum Gasteiger partial charge on any atom is -0.508 e. The van der Waals surface area contributed by atoms with Crippen LogP contribution in [0, 0.1) is 11.8 Å². The highest BCUT2D eigenvalue weighted by molar-refractivity contribution is 7.93. The Hall–Kier alpha value is -4.21. The summed E-state index contributed by atoms with van der Waals surface area (Å²) < 4.78 is 34.7. The summed E-state index contributed by atoms with van der Waals surface area (Å²) in [6.45, 7) is 3.50. The van der Waals surface area contributed by atoms with Gasteiger partial charge < -0.3 is 9.84 Å². The third kappa shape index (κ3) is 4.69. The van der Waals surface area contributed by atoms with Gasteiger partial charge in [-0.1, -0.05) is 67.0 Å². The number of aliphatic hydroxyl groups excluding tert-OH is 1. The number of aliphatic hydroxyl groups is 1. The molecule has 0 heterocycles. The molecule has 0 aliphatic heterocycles. The third-order valence-corrected chi connectivity index (χ3v) is 6.51. The molecule has 2 N–H and O–H groups in total. The molecule has 0 saturated heterocycles. The zero-order chi connectivity index (χ0) is 23.4. The number of hydrogen-bond acceptors (Lipinski definition) is 4. The Morgan fingerprint density at radius 2 is 1.55 bits per heavy atom. The molecular weight excluding hydrogens is 434 g/mol. The molecule has 0 aromatic heterocycles. The highest BCUT2D eigenvalue weighted by Crippen LogP contribution is 2.32. The first-order chi connectivity index (χ1) is 15.9. The monoisotopic (exact) mass is 455 g/mol. The van der Waals surface area contributed by atoms with Gasteiger partial charge in [0.1, 0.15) is 11.5 Å². The predicted octanol–water partition coefficient (Wildman–Crippen LogP) is 5.58. The lowest BCUT2D eigenvalue weighted by Gasteiger charge is -2.13. The van der Waals surface area contributed by atoms with Crippen LogP contribution in [-0.4, -0.2) is 20.6 Å². The van der Waals surface area contributed by atoms with E-state index in [9.17, 15) is 13.5 Å². The summed E-state index contributed by atoms with van der Waals surface area (Å²) in [7, 11) is -2.34.